The minimum atomic E-state index is -0.790. The van der Waals surface area contributed by atoms with E-state index in [2.05, 4.69) is 12.2 Å². The third-order valence-corrected chi connectivity index (χ3v) is 5.40. The molecule has 0 saturated heterocycles. The zero-order chi connectivity index (χ0) is 15.5. The second kappa shape index (κ2) is 4.38. The molecule has 0 bridgehead atoms. The van der Waals surface area contributed by atoms with E-state index >= 15 is 0 Å². The molecule has 1 aliphatic heterocycles. The van der Waals surface area contributed by atoms with Gasteiger partial charge in [0.15, 0.2) is 0 Å². The number of amides is 1. The van der Waals surface area contributed by atoms with Crippen LogP contribution in [0.1, 0.15) is 48.5 Å². The maximum absolute atomic E-state index is 12.7. The first-order valence-corrected chi connectivity index (χ1v) is 7.79. The van der Waals surface area contributed by atoms with Gasteiger partial charge in [-0.1, -0.05) is 31.2 Å². The molecule has 1 fully saturated rings. The van der Waals surface area contributed by atoms with E-state index < -0.39 is 17.0 Å². The molecule has 4 heteroatoms. The Bertz CT molecular complexity index is 751. The number of carbonyl (C=O) groups is 3. The average molecular weight is 295 g/mol. The molecule has 1 aromatic carbocycles. The van der Waals surface area contributed by atoms with Crippen LogP contribution in [0, 0.1) is 11.3 Å². The highest BCUT2D eigenvalue weighted by Gasteiger charge is 2.55. The van der Waals surface area contributed by atoms with Crippen molar-refractivity contribution in [2.45, 2.75) is 32.6 Å². The van der Waals surface area contributed by atoms with Crippen molar-refractivity contribution in [2.24, 2.45) is 11.3 Å². The number of carbonyl (C=O) groups excluding carboxylic acids is 3. The highest BCUT2D eigenvalue weighted by atomic mass is 16.2. The van der Waals surface area contributed by atoms with Crippen LogP contribution in [0.3, 0.4) is 0 Å². The lowest BCUT2D eigenvalue weighted by Gasteiger charge is -2.35. The Morgan fingerprint density at radius 2 is 1.64 bits per heavy atom. The van der Waals surface area contributed by atoms with Crippen molar-refractivity contribution in [1.29, 1.82) is 0 Å². The molecule has 0 unspecified atom stereocenters. The van der Waals surface area contributed by atoms with Gasteiger partial charge in [-0.3, -0.25) is 14.4 Å². The number of hydrogen-bond donors (Lipinski definition) is 1. The monoisotopic (exact) mass is 295 g/mol. The molecule has 0 radical (unpaired) electrons. The Hall–Kier alpha value is -2.23. The van der Waals surface area contributed by atoms with Gasteiger partial charge in [-0.15, -0.1) is 0 Å². The first-order valence-electron chi connectivity index (χ1n) is 7.79. The fourth-order valence-electron chi connectivity index (χ4n) is 4.05. The first kappa shape index (κ1) is 13.4. The highest BCUT2D eigenvalue weighted by molar-refractivity contribution is 6.54. The van der Waals surface area contributed by atoms with Gasteiger partial charge >= 0.3 is 0 Å². The molecule has 1 amide bonds. The molecule has 0 aromatic heterocycles. The third-order valence-electron chi connectivity index (χ3n) is 5.40. The van der Waals surface area contributed by atoms with Crippen molar-refractivity contribution in [3.05, 3.63) is 41.0 Å². The minimum absolute atomic E-state index is 0.109. The number of fused-ring (bicyclic) bond motifs is 3. The van der Waals surface area contributed by atoms with Crippen molar-refractivity contribution in [1.82, 2.24) is 5.32 Å². The maximum Gasteiger partial charge on any atom is 0.235 e. The van der Waals surface area contributed by atoms with Gasteiger partial charge in [-0.25, -0.2) is 0 Å². The van der Waals surface area contributed by atoms with Crippen LogP contribution in [0.5, 0.6) is 0 Å². The molecular formula is C18H17NO3. The second-order valence-corrected chi connectivity index (χ2v) is 6.67. The molecule has 22 heavy (non-hydrogen) atoms. The van der Waals surface area contributed by atoms with Crippen LogP contribution in [0.25, 0.3) is 5.70 Å². The predicted molar refractivity (Wildman–Crippen MR) is 80.9 cm³/mol. The number of rotatable bonds is 0. The maximum atomic E-state index is 12.7. The standard InChI is InChI=1S/C18H17NO3/c1-10-6-8-18(9-7-10)13-14(19-17(18)22)11-4-2-3-5-12(11)15(20)16(13)21/h2-5,10H,6-9H2,1H3,(H,19,22). The van der Waals surface area contributed by atoms with E-state index in [0.717, 1.165) is 12.8 Å². The molecule has 3 aliphatic rings. The number of ketones is 2. The molecule has 1 saturated carbocycles. The van der Waals surface area contributed by atoms with Gasteiger partial charge < -0.3 is 5.32 Å². The smallest absolute Gasteiger partial charge is 0.235 e. The van der Waals surface area contributed by atoms with E-state index in [1.54, 1.807) is 18.2 Å². The van der Waals surface area contributed by atoms with Gasteiger partial charge in [0.25, 0.3) is 0 Å². The topological polar surface area (TPSA) is 63.2 Å². The molecule has 1 spiro atoms. The summed E-state index contributed by atoms with van der Waals surface area (Å²) in [6.07, 6.45) is 3.13. The summed E-state index contributed by atoms with van der Waals surface area (Å²) in [5, 5.41) is 2.91. The molecule has 1 heterocycles. The van der Waals surface area contributed by atoms with Crippen LogP contribution in [0.2, 0.25) is 0 Å². The van der Waals surface area contributed by atoms with Gasteiger partial charge in [0.2, 0.25) is 17.5 Å². The number of nitrogens with one attached hydrogen (secondary N) is 1. The Labute approximate surface area is 128 Å². The number of Topliss-reactive ketones (excluding diaryl/α,β-unsaturated/α-hetero) is 2. The number of benzene rings is 1. The third kappa shape index (κ3) is 1.55. The van der Waals surface area contributed by atoms with Gasteiger partial charge in [-0.2, -0.15) is 0 Å². The first-order chi connectivity index (χ1) is 10.5. The van der Waals surface area contributed by atoms with Crippen molar-refractivity contribution in [3.8, 4) is 0 Å². The summed E-state index contributed by atoms with van der Waals surface area (Å²) in [6.45, 7) is 2.16. The van der Waals surface area contributed by atoms with Gasteiger partial charge in [0, 0.05) is 16.7 Å². The largest absolute Gasteiger partial charge is 0.324 e. The molecule has 112 valence electrons. The lowest BCUT2D eigenvalue weighted by molar-refractivity contribution is -0.130. The van der Waals surface area contributed by atoms with Crippen LogP contribution in [0.4, 0.5) is 0 Å². The fraction of sp³-hybridized carbons (Fsp3) is 0.389. The quantitative estimate of drug-likeness (QED) is 0.748. The fourth-order valence-corrected chi connectivity index (χ4v) is 4.05. The van der Waals surface area contributed by atoms with Gasteiger partial charge in [0.1, 0.15) is 0 Å². The van der Waals surface area contributed by atoms with Crippen molar-refractivity contribution in [3.63, 3.8) is 0 Å². The zero-order valence-electron chi connectivity index (χ0n) is 12.4. The van der Waals surface area contributed by atoms with Crippen LogP contribution >= 0.6 is 0 Å². The Balaban J connectivity index is 1.93. The van der Waals surface area contributed by atoms with Gasteiger partial charge in [-0.05, 0) is 31.6 Å². The summed E-state index contributed by atoms with van der Waals surface area (Å²) < 4.78 is 0. The SMILES string of the molecule is CC1CCC2(CC1)C(=O)NC1=C2C(=O)C(=O)c2ccccc21. The summed E-state index contributed by atoms with van der Waals surface area (Å²) in [4.78, 5) is 37.8. The molecule has 4 nitrogen and oxygen atoms in total. The molecule has 2 aliphatic carbocycles. The van der Waals surface area contributed by atoms with Crippen LogP contribution in [-0.4, -0.2) is 17.5 Å². The average Bonchev–Trinajstić information content (AvgIpc) is 2.81. The summed E-state index contributed by atoms with van der Waals surface area (Å²) >= 11 is 0. The van der Waals surface area contributed by atoms with Crippen LogP contribution in [-0.2, 0) is 9.59 Å². The number of hydrogen-bond acceptors (Lipinski definition) is 3. The molecule has 4 rings (SSSR count). The normalized spacial score (nSPS) is 30.4. The summed E-state index contributed by atoms with van der Waals surface area (Å²) in [6, 6.07) is 7.02. The van der Waals surface area contributed by atoms with Crippen molar-refractivity contribution >= 4 is 23.2 Å². The summed E-state index contributed by atoms with van der Waals surface area (Å²) in [7, 11) is 0. The van der Waals surface area contributed by atoms with Crippen LogP contribution in [0.15, 0.2) is 29.8 Å². The molecule has 1 aromatic rings. The molecular weight excluding hydrogens is 278 g/mol. The van der Waals surface area contributed by atoms with Crippen molar-refractivity contribution < 1.29 is 14.4 Å². The Morgan fingerprint density at radius 1 is 1.00 bits per heavy atom. The minimum Gasteiger partial charge on any atom is -0.324 e. The van der Waals surface area contributed by atoms with Gasteiger partial charge in [0.05, 0.1) is 11.1 Å². The van der Waals surface area contributed by atoms with E-state index in [-0.39, 0.29) is 5.91 Å². The van der Waals surface area contributed by atoms with E-state index in [1.807, 2.05) is 6.07 Å². The Kier molecular flexibility index (Phi) is 2.68. The van der Waals surface area contributed by atoms with E-state index in [4.69, 9.17) is 0 Å². The molecule has 0 atom stereocenters. The lowest BCUT2D eigenvalue weighted by atomic mass is 9.64. The summed E-state index contributed by atoms with van der Waals surface area (Å²) in [5.41, 5.74) is 1.29. The Morgan fingerprint density at radius 3 is 2.32 bits per heavy atom. The van der Waals surface area contributed by atoms with Crippen LogP contribution < -0.4 is 5.32 Å². The predicted octanol–water partition coefficient (Wildman–Crippen LogP) is 2.49. The molecule has 1 N–H and O–H groups in total. The lowest BCUT2D eigenvalue weighted by Crippen LogP contribution is -2.40. The highest BCUT2D eigenvalue weighted by Crippen LogP contribution is 2.52. The second-order valence-electron chi connectivity index (χ2n) is 6.67. The van der Waals surface area contributed by atoms with E-state index in [0.29, 0.717) is 41.2 Å². The van der Waals surface area contributed by atoms with E-state index in [1.165, 1.54) is 0 Å². The zero-order valence-corrected chi connectivity index (χ0v) is 12.4. The van der Waals surface area contributed by atoms with Crippen molar-refractivity contribution in [2.75, 3.05) is 0 Å². The van der Waals surface area contributed by atoms with E-state index in [9.17, 15) is 14.4 Å². The summed E-state index contributed by atoms with van der Waals surface area (Å²) in [5.74, 6) is -0.530.